The van der Waals surface area contributed by atoms with E-state index in [0.29, 0.717) is 30.1 Å². The maximum absolute atomic E-state index is 14.9. The fourth-order valence-corrected chi connectivity index (χ4v) is 3.09. The first-order chi connectivity index (χ1) is 15.5. The fourth-order valence-electron chi connectivity index (χ4n) is 3.09. The van der Waals surface area contributed by atoms with E-state index < -0.39 is 5.97 Å². The number of anilines is 1. The minimum atomic E-state index is -0.517. The van der Waals surface area contributed by atoms with Gasteiger partial charge >= 0.3 is 5.97 Å². The van der Waals surface area contributed by atoms with Crippen LogP contribution >= 0.6 is 0 Å². The second-order valence-corrected chi connectivity index (χ2v) is 6.86. The summed E-state index contributed by atoms with van der Waals surface area (Å²) in [4.78, 5) is 14.1. The van der Waals surface area contributed by atoms with Crippen LogP contribution in [0.15, 0.2) is 73.0 Å². The monoisotopic (exact) mass is 439 g/mol. The molecule has 5 nitrogen and oxygen atoms in total. The Kier molecular flexibility index (Phi) is 10.0. The van der Waals surface area contributed by atoms with Crippen LogP contribution in [0.2, 0.25) is 0 Å². The van der Waals surface area contributed by atoms with Crippen molar-refractivity contribution in [2.45, 2.75) is 20.5 Å². The van der Waals surface area contributed by atoms with Gasteiger partial charge in [0.15, 0.2) is 0 Å². The van der Waals surface area contributed by atoms with Crippen LogP contribution in [0.1, 0.15) is 25.0 Å². The van der Waals surface area contributed by atoms with Gasteiger partial charge in [-0.2, -0.15) is 0 Å². The van der Waals surface area contributed by atoms with Gasteiger partial charge in [-0.25, -0.2) is 9.18 Å². The van der Waals surface area contributed by atoms with Gasteiger partial charge in [-0.3, -0.25) is 0 Å². The fraction of sp³-hybridized carbons (Fsp3) is 0.269. The van der Waals surface area contributed by atoms with Crippen molar-refractivity contribution in [3.05, 3.63) is 90.0 Å². The molecule has 32 heavy (non-hydrogen) atoms. The van der Waals surface area contributed by atoms with Crippen molar-refractivity contribution in [1.82, 2.24) is 0 Å². The Balaban J connectivity index is 2.23. The van der Waals surface area contributed by atoms with Crippen molar-refractivity contribution in [2.75, 3.05) is 32.2 Å². The Morgan fingerprint density at radius 1 is 1.03 bits per heavy atom. The molecule has 2 aromatic carbocycles. The number of allylic oxidation sites excluding steroid dienone is 2. The van der Waals surface area contributed by atoms with Crippen molar-refractivity contribution in [3.8, 4) is 5.75 Å². The standard InChI is InChI=1S/C26H30FNO4/c1-5-7-15-28(16-8-6-2)25-14-13-21(17-24(25)27)32-18-20-11-9-10-12-22(20)23(19-30-3)26(29)31-4/h5-14,17,19H,15-16,18H2,1-4H3. The van der Waals surface area contributed by atoms with Crippen LogP contribution in [-0.4, -0.2) is 33.3 Å². The van der Waals surface area contributed by atoms with Crippen LogP contribution in [-0.2, 0) is 20.9 Å². The van der Waals surface area contributed by atoms with E-state index in [1.165, 1.54) is 26.5 Å². The van der Waals surface area contributed by atoms with Gasteiger partial charge in [-0.1, -0.05) is 48.6 Å². The molecule has 0 radical (unpaired) electrons. The van der Waals surface area contributed by atoms with Crippen LogP contribution < -0.4 is 9.64 Å². The van der Waals surface area contributed by atoms with Gasteiger partial charge in [-0.05, 0) is 37.1 Å². The largest absolute Gasteiger partial charge is 0.503 e. The number of hydrogen-bond acceptors (Lipinski definition) is 5. The molecule has 0 fully saturated rings. The van der Waals surface area contributed by atoms with Crippen molar-refractivity contribution in [2.24, 2.45) is 0 Å². The number of hydrogen-bond donors (Lipinski definition) is 0. The number of nitrogens with zero attached hydrogens (tertiary/aromatic N) is 1. The number of benzene rings is 2. The second-order valence-electron chi connectivity index (χ2n) is 6.86. The van der Waals surface area contributed by atoms with Gasteiger partial charge in [0.2, 0.25) is 0 Å². The number of carbonyl (C=O) groups is 1. The molecule has 2 aromatic rings. The van der Waals surface area contributed by atoms with E-state index in [2.05, 4.69) is 0 Å². The van der Waals surface area contributed by atoms with Gasteiger partial charge in [0, 0.05) is 19.2 Å². The summed E-state index contributed by atoms with van der Waals surface area (Å²) < 4.78 is 30.6. The summed E-state index contributed by atoms with van der Waals surface area (Å²) in [5.41, 5.74) is 2.15. The number of ether oxygens (including phenoxy) is 3. The average molecular weight is 440 g/mol. The van der Waals surface area contributed by atoms with Crippen LogP contribution in [0.25, 0.3) is 5.57 Å². The molecular weight excluding hydrogens is 409 g/mol. The third-order valence-corrected chi connectivity index (χ3v) is 4.73. The molecule has 0 aliphatic rings. The molecule has 170 valence electrons. The molecule has 0 heterocycles. The van der Waals surface area contributed by atoms with Crippen molar-refractivity contribution in [3.63, 3.8) is 0 Å². The van der Waals surface area contributed by atoms with Gasteiger partial charge < -0.3 is 19.1 Å². The number of esters is 1. The Morgan fingerprint density at radius 3 is 2.31 bits per heavy atom. The quantitative estimate of drug-likeness (QED) is 0.200. The lowest BCUT2D eigenvalue weighted by molar-refractivity contribution is -0.133. The molecule has 0 amide bonds. The van der Waals surface area contributed by atoms with Crippen molar-refractivity contribution < 1.29 is 23.4 Å². The molecule has 0 aliphatic carbocycles. The molecule has 0 unspecified atom stereocenters. The van der Waals surface area contributed by atoms with E-state index in [-0.39, 0.29) is 18.0 Å². The molecule has 2 rings (SSSR count). The zero-order valence-corrected chi connectivity index (χ0v) is 19.0. The molecule has 6 heteroatoms. The number of halogens is 1. The van der Waals surface area contributed by atoms with Crippen LogP contribution in [0.3, 0.4) is 0 Å². The van der Waals surface area contributed by atoms with E-state index in [9.17, 15) is 9.18 Å². The van der Waals surface area contributed by atoms with E-state index in [1.807, 2.05) is 61.3 Å². The summed E-state index contributed by atoms with van der Waals surface area (Å²) in [6.07, 6.45) is 9.18. The highest BCUT2D eigenvalue weighted by atomic mass is 19.1. The highest BCUT2D eigenvalue weighted by Crippen LogP contribution is 2.26. The Hall–Kier alpha value is -3.54. The minimum Gasteiger partial charge on any atom is -0.503 e. The zero-order chi connectivity index (χ0) is 23.3. The lowest BCUT2D eigenvalue weighted by atomic mass is 10.0. The third kappa shape index (κ3) is 6.74. The van der Waals surface area contributed by atoms with Gasteiger partial charge in [0.1, 0.15) is 23.7 Å². The first-order valence-corrected chi connectivity index (χ1v) is 10.3. The Bertz CT molecular complexity index is 968. The highest BCUT2D eigenvalue weighted by Gasteiger charge is 2.17. The number of methoxy groups -OCH3 is 2. The summed E-state index contributed by atoms with van der Waals surface area (Å²) >= 11 is 0. The smallest absolute Gasteiger partial charge is 0.341 e. The summed E-state index contributed by atoms with van der Waals surface area (Å²) in [5, 5.41) is 0. The molecular formula is C26H30FNO4. The second kappa shape index (κ2) is 13.0. The summed E-state index contributed by atoms with van der Waals surface area (Å²) in [7, 11) is 2.77. The summed E-state index contributed by atoms with van der Waals surface area (Å²) in [6.45, 7) is 5.23. The van der Waals surface area contributed by atoms with E-state index in [1.54, 1.807) is 18.2 Å². The maximum Gasteiger partial charge on any atom is 0.341 e. The number of rotatable bonds is 11. The lowest BCUT2D eigenvalue weighted by Crippen LogP contribution is -2.24. The predicted octanol–water partition coefficient (Wildman–Crippen LogP) is 5.52. The summed E-state index contributed by atoms with van der Waals surface area (Å²) in [6, 6.07) is 12.1. The van der Waals surface area contributed by atoms with Crippen molar-refractivity contribution in [1.29, 1.82) is 0 Å². The van der Waals surface area contributed by atoms with Gasteiger partial charge in [0.05, 0.1) is 26.2 Å². The predicted molar refractivity (Wildman–Crippen MR) is 126 cm³/mol. The molecule has 0 spiro atoms. The molecule has 0 bridgehead atoms. The lowest BCUT2D eigenvalue weighted by Gasteiger charge is -2.23. The van der Waals surface area contributed by atoms with Crippen LogP contribution in [0.5, 0.6) is 5.75 Å². The topological polar surface area (TPSA) is 48.0 Å². The molecule has 0 aromatic heterocycles. The Morgan fingerprint density at radius 2 is 1.72 bits per heavy atom. The minimum absolute atomic E-state index is 0.147. The highest BCUT2D eigenvalue weighted by molar-refractivity contribution is 6.16. The van der Waals surface area contributed by atoms with Crippen LogP contribution in [0.4, 0.5) is 10.1 Å². The van der Waals surface area contributed by atoms with Gasteiger partial charge in [-0.15, -0.1) is 0 Å². The SMILES string of the molecule is CC=CCN(CC=CC)c1ccc(OCc2ccccc2C(=COC)C(=O)OC)cc1F. The van der Waals surface area contributed by atoms with Gasteiger partial charge in [0.25, 0.3) is 0 Å². The molecule has 0 N–H and O–H groups in total. The molecule has 0 atom stereocenters. The first kappa shape index (κ1) is 24.7. The van der Waals surface area contributed by atoms with Crippen molar-refractivity contribution >= 4 is 17.2 Å². The Labute approximate surface area is 189 Å². The number of carbonyl (C=O) groups excluding carboxylic acids is 1. The van der Waals surface area contributed by atoms with Crippen LogP contribution in [0, 0.1) is 5.82 Å². The molecule has 0 saturated carbocycles. The summed E-state index contributed by atoms with van der Waals surface area (Å²) in [5.74, 6) is -0.482. The zero-order valence-electron chi connectivity index (χ0n) is 19.0. The first-order valence-electron chi connectivity index (χ1n) is 10.3. The third-order valence-electron chi connectivity index (χ3n) is 4.73. The maximum atomic E-state index is 14.9. The normalized spacial score (nSPS) is 11.7. The average Bonchev–Trinajstić information content (AvgIpc) is 2.81. The molecule has 0 saturated heterocycles. The van der Waals surface area contributed by atoms with E-state index >= 15 is 0 Å². The van der Waals surface area contributed by atoms with E-state index in [4.69, 9.17) is 14.2 Å². The van der Waals surface area contributed by atoms with E-state index in [0.717, 1.165) is 5.56 Å². The molecule has 0 aliphatic heterocycles.